The lowest BCUT2D eigenvalue weighted by molar-refractivity contribution is -0.131. The molecule has 0 saturated carbocycles. The van der Waals surface area contributed by atoms with E-state index in [1.165, 1.54) is 0 Å². The molecule has 1 aromatic heterocycles. The topological polar surface area (TPSA) is 75.4 Å². The molecule has 0 radical (unpaired) electrons. The first-order valence-electron chi connectivity index (χ1n) is 8.66. The highest BCUT2D eigenvalue weighted by atomic mass is 16.2. The minimum absolute atomic E-state index is 0.109. The van der Waals surface area contributed by atoms with Gasteiger partial charge in [-0.2, -0.15) is 0 Å². The van der Waals surface area contributed by atoms with Gasteiger partial charge in [0.1, 0.15) is 11.6 Å². The fourth-order valence-corrected chi connectivity index (χ4v) is 3.30. The minimum Gasteiger partial charge on any atom is -0.384 e. The van der Waals surface area contributed by atoms with Crippen molar-refractivity contribution in [3.8, 4) is 0 Å². The molecule has 132 valence electrons. The molecule has 1 aromatic carbocycles. The molecule has 0 spiro atoms. The fraction of sp³-hybridized carbons (Fsp3) is 0.421. The van der Waals surface area contributed by atoms with Crippen LogP contribution in [0.25, 0.3) is 0 Å². The number of nitrogens with two attached hydrogens (primary N) is 1. The smallest absolute Gasteiger partial charge is 0.229 e. The van der Waals surface area contributed by atoms with E-state index in [4.69, 9.17) is 5.73 Å². The summed E-state index contributed by atoms with van der Waals surface area (Å²) in [7, 11) is 2.05. The number of carbonyl (C=O) groups excluding carboxylic acids is 1. The van der Waals surface area contributed by atoms with Crippen molar-refractivity contribution in [1.82, 2.24) is 19.8 Å². The number of hydrogen-bond acceptors (Lipinski definition) is 5. The second kappa shape index (κ2) is 7.61. The number of carbonyl (C=O) groups is 1. The first-order chi connectivity index (χ1) is 12.0. The van der Waals surface area contributed by atoms with Crippen LogP contribution in [-0.2, 0) is 11.3 Å². The Morgan fingerprint density at radius 3 is 2.84 bits per heavy atom. The molecule has 6 heteroatoms. The molecule has 2 heterocycles. The van der Waals surface area contributed by atoms with Crippen LogP contribution < -0.4 is 5.73 Å². The summed E-state index contributed by atoms with van der Waals surface area (Å²) in [5.41, 5.74) is 6.78. The maximum absolute atomic E-state index is 12.8. The largest absolute Gasteiger partial charge is 0.384 e. The van der Waals surface area contributed by atoms with Crippen LogP contribution in [-0.4, -0.2) is 51.9 Å². The lowest BCUT2D eigenvalue weighted by Crippen LogP contribution is -2.37. The van der Waals surface area contributed by atoms with Crippen LogP contribution >= 0.6 is 0 Å². The summed E-state index contributed by atoms with van der Waals surface area (Å²) in [6, 6.07) is 12.0. The van der Waals surface area contributed by atoms with Crippen molar-refractivity contribution in [2.24, 2.45) is 0 Å². The van der Waals surface area contributed by atoms with Gasteiger partial charge in [-0.15, -0.1) is 0 Å². The Balaban J connectivity index is 1.58. The van der Waals surface area contributed by atoms with Crippen molar-refractivity contribution in [1.29, 1.82) is 0 Å². The minimum atomic E-state index is -0.109. The summed E-state index contributed by atoms with van der Waals surface area (Å²) in [4.78, 5) is 25.5. The SMILES string of the molecule is CC(C(=O)N1CCC(N(C)Cc2nccc(N)n2)C1)c1ccccc1. The van der Waals surface area contributed by atoms with Gasteiger partial charge in [0.15, 0.2) is 0 Å². The van der Waals surface area contributed by atoms with Crippen LogP contribution in [0.2, 0.25) is 0 Å². The number of nitrogens with zero attached hydrogens (tertiary/aromatic N) is 4. The van der Waals surface area contributed by atoms with Gasteiger partial charge in [0.2, 0.25) is 5.91 Å². The summed E-state index contributed by atoms with van der Waals surface area (Å²) in [5, 5.41) is 0. The fourth-order valence-electron chi connectivity index (χ4n) is 3.30. The van der Waals surface area contributed by atoms with Crippen molar-refractivity contribution in [2.45, 2.75) is 31.8 Å². The summed E-state index contributed by atoms with van der Waals surface area (Å²) >= 11 is 0. The van der Waals surface area contributed by atoms with E-state index >= 15 is 0 Å². The lowest BCUT2D eigenvalue weighted by Gasteiger charge is -2.25. The number of amides is 1. The summed E-state index contributed by atoms with van der Waals surface area (Å²) in [5.74, 6) is 1.29. The van der Waals surface area contributed by atoms with Crippen LogP contribution in [0, 0.1) is 0 Å². The van der Waals surface area contributed by atoms with E-state index in [2.05, 4.69) is 14.9 Å². The Kier molecular flexibility index (Phi) is 5.28. The maximum Gasteiger partial charge on any atom is 0.229 e. The van der Waals surface area contributed by atoms with Crippen LogP contribution in [0.5, 0.6) is 0 Å². The van der Waals surface area contributed by atoms with Crippen molar-refractivity contribution >= 4 is 11.7 Å². The van der Waals surface area contributed by atoms with E-state index in [9.17, 15) is 4.79 Å². The Bertz CT molecular complexity index is 721. The lowest BCUT2D eigenvalue weighted by atomic mass is 10.00. The first-order valence-corrected chi connectivity index (χ1v) is 8.66. The highest BCUT2D eigenvalue weighted by Gasteiger charge is 2.31. The molecule has 25 heavy (non-hydrogen) atoms. The highest BCUT2D eigenvalue weighted by molar-refractivity contribution is 5.83. The molecule has 2 aromatic rings. The third-order valence-corrected chi connectivity index (χ3v) is 4.89. The van der Waals surface area contributed by atoms with Gasteiger partial charge in [-0.05, 0) is 32.0 Å². The predicted octanol–water partition coefficient (Wildman–Crippen LogP) is 1.90. The normalized spacial score (nSPS) is 18.5. The van der Waals surface area contributed by atoms with E-state index in [1.54, 1.807) is 12.3 Å². The van der Waals surface area contributed by atoms with Crippen LogP contribution in [0.15, 0.2) is 42.6 Å². The molecule has 2 atom stereocenters. The number of anilines is 1. The molecule has 3 rings (SSSR count). The molecule has 2 N–H and O–H groups in total. The van der Waals surface area contributed by atoms with Crippen molar-refractivity contribution in [2.75, 3.05) is 25.9 Å². The van der Waals surface area contributed by atoms with Crippen molar-refractivity contribution in [3.63, 3.8) is 0 Å². The molecule has 6 nitrogen and oxygen atoms in total. The number of likely N-dealkylation sites (tertiary alicyclic amines) is 1. The van der Waals surface area contributed by atoms with Gasteiger partial charge in [0, 0.05) is 25.3 Å². The van der Waals surface area contributed by atoms with Gasteiger partial charge in [-0.3, -0.25) is 9.69 Å². The van der Waals surface area contributed by atoms with Gasteiger partial charge >= 0.3 is 0 Å². The van der Waals surface area contributed by atoms with Crippen molar-refractivity contribution in [3.05, 3.63) is 54.0 Å². The number of rotatable bonds is 5. The van der Waals surface area contributed by atoms with E-state index < -0.39 is 0 Å². The average Bonchev–Trinajstić information content (AvgIpc) is 3.11. The molecule has 1 aliphatic rings. The first kappa shape index (κ1) is 17.4. The number of aromatic nitrogens is 2. The van der Waals surface area contributed by atoms with Crippen molar-refractivity contribution < 1.29 is 4.79 Å². The molecule has 0 aliphatic carbocycles. The third kappa shape index (κ3) is 4.14. The van der Waals surface area contributed by atoms with Gasteiger partial charge in [0.25, 0.3) is 0 Å². The van der Waals surface area contributed by atoms with Crippen LogP contribution in [0.4, 0.5) is 5.82 Å². The van der Waals surface area contributed by atoms with E-state index in [1.807, 2.05) is 49.2 Å². The standard InChI is InChI=1S/C19H25N5O/c1-14(15-6-4-3-5-7-15)19(25)24-11-9-16(12-24)23(2)13-18-21-10-8-17(20)22-18/h3-8,10,14,16H,9,11-13H2,1-2H3,(H2,20,21,22). The Hall–Kier alpha value is -2.47. The van der Waals surface area contributed by atoms with Gasteiger partial charge in [-0.25, -0.2) is 9.97 Å². The second-order valence-electron chi connectivity index (χ2n) is 6.67. The molecule has 1 fully saturated rings. The molecule has 0 bridgehead atoms. The number of hydrogen-bond donors (Lipinski definition) is 1. The van der Waals surface area contributed by atoms with Gasteiger partial charge < -0.3 is 10.6 Å². The second-order valence-corrected chi connectivity index (χ2v) is 6.67. The van der Waals surface area contributed by atoms with Crippen LogP contribution in [0.1, 0.15) is 30.7 Å². The summed E-state index contributed by atoms with van der Waals surface area (Å²) < 4.78 is 0. The number of benzene rings is 1. The van der Waals surface area contributed by atoms with Crippen LogP contribution in [0.3, 0.4) is 0 Å². The molecule has 1 amide bonds. The molecule has 2 unspecified atom stereocenters. The molecule has 1 saturated heterocycles. The van der Waals surface area contributed by atoms with E-state index in [0.29, 0.717) is 24.2 Å². The zero-order valence-electron chi connectivity index (χ0n) is 14.8. The van der Waals surface area contributed by atoms with E-state index in [-0.39, 0.29) is 11.8 Å². The Morgan fingerprint density at radius 1 is 1.36 bits per heavy atom. The third-order valence-electron chi connectivity index (χ3n) is 4.89. The van der Waals surface area contributed by atoms with E-state index in [0.717, 1.165) is 25.1 Å². The van der Waals surface area contributed by atoms with Gasteiger partial charge in [0.05, 0.1) is 12.5 Å². The number of nitrogen functional groups attached to an aromatic ring is 1. The zero-order valence-corrected chi connectivity index (χ0v) is 14.8. The van der Waals surface area contributed by atoms with Gasteiger partial charge in [-0.1, -0.05) is 30.3 Å². The quantitative estimate of drug-likeness (QED) is 0.900. The highest BCUT2D eigenvalue weighted by Crippen LogP contribution is 2.23. The number of likely N-dealkylation sites (N-methyl/N-ethyl adjacent to an activating group) is 1. The molecule has 1 aliphatic heterocycles. The Morgan fingerprint density at radius 2 is 2.12 bits per heavy atom. The zero-order chi connectivity index (χ0) is 17.8. The Labute approximate surface area is 148 Å². The monoisotopic (exact) mass is 339 g/mol. The average molecular weight is 339 g/mol. The predicted molar refractivity (Wildman–Crippen MR) is 97.8 cm³/mol. The summed E-state index contributed by atoms with van der Waals surface area (Å²) in [6.07, 6.45) is 2.64. The molecular weight excluding hydrogens is 314 g/mol. The maximum atomic E-state index is 12.8. The summed E-state index contributed by atoms with van der Waals surface area (Å²) in [6.45, 7) is 4.15. The molecular formula is C19H25N5O.